The van der Waals surface area contributed by atoms with Gasteiger partial charge in [0.1, 0.15) is 0 Å². The Hall–Kier alpha value is -3.81. The van der Waals surface area contributed by atoms with Crippen molar-refractivity contribution in [1.82, 2.24) is 9.97 Å². The summed E-state index contributed by atoms with van der Waals surface area (Å²) in [6.07, 6.45) is 0. The van der Waals surface area contributed by atoms with E-state index < -0.39 is 18.5 Å². The van der Waals surface area contributed by atoms with Crippen molar-refractivity contribution >= 4 is 61.1 Å². The third-order valence-electron chi connectivity index (χ3n) is 5.50. The van der Waals surface area contributed by atoms with Crippen LogP contribution < -0.4 is 5.32 Å². The number of esters is 1. The van der Waals surface area contributed by atoms with Gasteiger partial charge in [-0.05, 0) is 49.2 Å². The fraction of sp³-hybridized carbons (Fsp3) is 0.111. The number of hydrogen-bond acceptors (Lipinski definition) is 6. The zero-order valence-electron chi connectivity index (χ0n) is 19.0. The molecule has 35 heavy (non-hydrogen) atoms. The molecule has 2 aromatic heterocycles. The zero-order valence-corrected chi connectivity index (χ0v) is 20.5. The summed E-state index contributed by atoms with van der Waals surface area (Å²) in [7, 11) is 0. The van der Waals surface area contributed by atoms with Gasteiger partial charge in [0.05, 0.1) is 27.0 Å². The number of carbonyl (C=O) groups excluding carboxylic acids is 2. The summed E-state index contributed by atoms with van der Waals surface area (Å²) >= 11 is 7.74. The second kappa shape index (κ2) is 9.44. The molecule has 0 spiro atoms. The maximum absolute atomic E-state index is 13.0. The highest BCUT2D eigenvalue weighted by molar-refractivity contribution is 7.22. The number of amides is 1. The van der Waals surface area contributed by atoms with Crippen molar-refractivity contribution < 1.29 is 14.3 Å². The van der Waals surface area contributed by atoms with Gasteiger partial charge in [0.2, 0.25) is 0 Å². The Labute approximate surface area is 210 Å². The van der Waals surface area contributed by atoms with E-state index in [1.807, 2.05) is 62.4 Å². The van der Waals surface area contributed by atoms with Crippen LogP contribution in [0.4, 0.5) is 5.13 Å². The smallest absolute Gasteiger partial charge is 0.339 e. The van der Waals surface area contributed by atoms with E-state index in [0.717, 1.165) is 21.3 Å². The molecule has 0 saturated heterocycles. The molecule has 0 bridgehead atoms. The maximum atomic E-state index is 13.0. The number of carbonyl (C=O) groups is 2. The fourth-order valence-electron chi connectivity index (χ4n) is 3.94. The molecule has 0 aliphatic rings. The molecule has 0 aliphatic carbocycles. The number of nitrogens with one attached hydrogen (secondary N) is 1. The third kappa shape index (κ3) is 4.73. The highest BCUT2D eigenvalue weighted by atomic mass is 35.5. The van der Waals surface area contributed by atoms with E-state index in [1.54, 1.807) is 18.2 Å². The topological polar surface area (TPSA) is 81.2 Å². The van der Waals surface area contributed by atoms with Gasteiger partial charge < -0.3 is 4.74 Å². The standard InChI is InChI=1S/C27H20ClN3O3S/c1-15-11-16(2)25-23(12-15)35-27(31-25)30-24(32)14-34-26(33)19-13-22(18-8-3-5-9-20(18)28)29-21-10-6-4-7-17(19)21/h3-13H,14H2,1-2H3,(H,30,31,32). The summed E-state index contributed by atoms with van der Waals surface area (Å²) in [6, 6.07) is 20.3. The first-order chi connectivity index (χ1) is 16.9. The van der Waals surface area contributed by atoms with E-state index in [-0.39, 0.29) is 0 Å². The largest absolute Gasteiger partial charge is 0.452 e. The van der Waals surface area contributed by atoms with E-state index in [4.69, 9.17) is 16.3 Å². The van der Waals surface area contributed by atoms with Crippen molar-refractivity contribution in [2.75, 3.05) is 11.9 Å². The highest BCUT2D eigenvalue weighted by Gasteiger charge is 2.18. The number of ether oxygens (including phenoxy) is 1. The molecule has 5 rings (SSSR count). The first-order valence-electron chi connectivity index (χ1n) is 10.9. The number of aromatic nitrogens is 2. The number of benzene rings is 3. The zero-order chi connectivity index (χ0) is 24.5. The Morgan fingerprint density at radius 3 is 2.60 bits per heavy atom. The van der Waals surface area contributed by atoms with E-state index in [1.165, 1.54) is 11.3 Å². The number of para-hydroxylation sites is 1. The summed E-state index contributed by atoms with van der Waals surface area (Å²) in [5, 5.41) is 4.34. The van der Waals surface area contributed by atoms with Gasteiger partial charge in [-0.2, -0.15) is 0 Å². The fourth-order valence-corrected chi connectivity index (χ4v) is 5.23. The molecule has 0 atom stereocenters. The van der Waals surface area contributed by atoms with Crippen molar-refractivity contribution in [3.05, 3.63) is 88.4 Å². The quantitative estimate of drug-likeness (QED) is 0.275. The Morgan fingerprint density at radius 2 is 1.77 bits per heavy atom. The first kappa shape index (κ1) is 23.0. The van der Waals surface area contributed by atoms with Crippen molar-refractivity contribution in [1.29, 1.82) is 0 Å². The second-order valence-corrected chi connectivity index (χ2v) is 9.56. The predicted molar refractivity (Wildman–Crippen MR) is 140 cm³/mol. The van der Waals surface area contributed by atoms with Crippen molar-refractivity contribution in [2.24, 2.45) is 0 Å². The highest BCUT2D eigenvalue weighted by Crippen LogP contribution is 2.31. The van der Waals surface area contributed by atoms with Crippen LogP contribution in [0.5, 0.6) is 0 Å². The molecular weight excluding hydrogens is 482 g/mol. The number of hydrogen-bond donors (Lipinski definition) is 1. The molecule has 6 nitrogen and oxygen atoms in total. The van der Waals surface area contributed by atoms with Crippen LogP contribution in [0.1, 0.15) is 21.5 Å². The summed E-state index contributed by atoms with van der Waals surface area (Å²) in [5.41, 5.74) is 5.21. The second-order valence-electron chi connectivity index (χ2n) is 8.12. The molecule has 0 unspecified atom stereocenters. The van der Waals surface area contributed by atoms with Gasteiger partial charge in [0.15, 0.2) is 11.7 Å². The van der Waals surface area contributed by atoms with Gasteiger partial charge in [-0.25, -0.2) is 14.8 Å². The minimum absolute atomic E-state index is 0.310. The van der Waals surface area contributed by atoms with Crippen LogP contribution in [0.3, 0.4) is 0 Å². The van der Waals surface area contributed by atoms with E-state index >= 15 is 0 Å². The first-order valence-corrected chi connectivity index (χ1v) is 12.1. The number of thiazole rings is 1. The SMILES string of the molecule is Cc1cc(C)c2nc(NC(=O)COC(=O)c3cc(-c4ccccc4Cl)nc4ccccc34)sc2c1. The van der Waals surface area contributed by atoms with Gasteiger partial charge in [-0.15, -0.1) is 0 Å². The predicted octanol–water partition coefficient (Wildman–Crippen LogP) is 6.58. The van der Waals surface area contributed by atoms with Crippen LogP contribution in [0.15, 0.2) is 66.7 Å². The lowest BCUT2D eigenvalue weighted by molar-refractivity contribution is -0.119. The molecule has 0 fully saturated rings. The Bertz CT molecular complexity index is 1610. The average molecular weight is 502 g/mol. The summed E-state index contributed by atoms with van der Waals surface area (Å²) in [6.45, 7) is 3.56. The van der Waals surface area contributed by atoms with Gasteiger partial charge >= 0.3 is 5.97 Å². The van der Waals surface area contributed by atoms with E-state index in [0.29, 0.717) is 37.9 Å². The molecule has 0 saturated carbocycles. The van der Waals surface area contributed by atoms with Crippen LogP contribution in [0, 0.1) is 13.8 Å². The lowest BCUT2D eigenvalue weighted by Gasteiger charge is -2.11. The summed E-state index contributed by atoms with van der Waals surface area (Å²) < 4.78 is 6.36. The van der Waals surface area contributed by atoms with E-state index in [2.05, 4.69) is 15.3 Å². The molecule has 1 N–H and O–H groups in total. The molecular formula is C27H20ClN3O3S. The van der Waals surface area contributed by atoms with Gasteiger partial charge in [-0.1, -0.05) is 65.4 Å². The molecule has 0 aliphatic heterocycles. The average Bonchev–Trinajstić information content (AvgIpc) is 3.24. The number of anilines is 1. The van der Waals surface area contributed by atoms with Crippen molar-refractivity contribution in [2.45, 2.75) is 13.8 Å². The van der Waals surface area contributed by atoms with E-state index in [9.17, 15) is 9.59 Å². The third-order valence-corrected chi connectivity index (χ3v) is 6.74. The minimum Gasteiger partial charge on any atom is -0.452 e. The van der Waals surface area contributed by atoms with Crippen LogP contribution in [-0.2, 0) is 9.53 Å². The van der Waals surface area contributed by atoms with Crippen LogP contribution in [0.25, 0.3) is 32.4 Å². The minimum atomic E-state index is -0.622. The molecule has 174 valence electrons. The van der Waals surface area contributed by atoms with Crippen LogP contribution in [-0.4, -0.2) is 28.5 Å². The molecule has 8 heteroatoms. The Morgan fingerprint density at radius 1 is 1.00 bits per heavy atom. The van der Waals surface area contributed by atoms with Crippen LogP contribution in [0.2, 0.25) is 5.02 Å². The lowest BCUT2D eigenvalue weighted by Crippen LogP contribution is -2.21. The number of pyridine rings is 1. The lowest BCUT2D eigenvalue weighted by atomic mass is 10.0. The number of fused-ring (bicyclic) bond motifs is 2. The Kier molecular flexibility index (Phi) is 6.19. The maximum Gasteiger partial charge on any atom is 0.339 e. The molecule has 3 aromatic carbocycles. The monoisotopic (exact) mass is 501 g/mol. The van der Waals surface area contributed by atoms with Gasteiger partial charge in [0, 0.05) is 16.0 Å². The van der Waals surface area contributed by atoms with Crippen molar-refractivity contribution in [3.63, 3.8) is 0 Å². The normalized spacial score (nSPS) is 11.1. The molecule has 1 amide bonds. The summed E-state index contributed by atoms with van der Waals surface area (Å²) in [5.74, 6) is -1.08. The molecule has 5 aromatic rings. The van der Waals surface area contributed by atoms with Gasteiger partial charge in [-0.3, -0.25) is 10.1 Å². The molecule has 0 radical (unpaired) electrons. The van der Waals surface area contributed by atoms with Gasteiger partial charge in [0.25, 0.3) is 5.91 Å². The number of rotatable bonds is 5. The number of aryl methyl sites for hydroxylation is 2. The summed E-state index contributed by atoms with van der Waals surface area (Å²) in [4.78, 5) is 34.7. The van der Waals surface area contributed by atoms with Crippen molar-refractivity contribution in [3.8, 4) is 11.3 Å². The van der Waals surface area contributed by atoms with Crippen LogP contribution >= 0.6 is 22.9 Å². The molecule has 2 heterocycles. The number of nitrogens with zero attached hydrogens (tertiary/aromatic N) is 2. The Balaban J connectivity index is 1.36. The number of halogens is 1.